The SMILES string of the molecule is Cl.c1csc(-c2cc3ccccc3c(N3CCNCC3)n2)c1. The third-order valence-electron chi connectivity index (χ3n) is 3.91. The van der Waals surface area contributed by atoms with E-state index in [0.29, 0.717) is 0 Å². The van der Waals surface area contributed by atoms with Gasteiger partial charge in [-0.05, 0) is 22.9 Å². The van der Waals surface area contributed by atoms with Gasteiger partial charge in [0.25, 0.3) is 0 Å². The van der Waals surface area contributed by atoms with E-state index >= 15 is 0 Å². The van der Waals surface area contributed by atoms with Crippen LogP contribution in [-0.2, 0) is 0 Å². The van der Waals surface area contributed by atoms with Crippen LogP contribution in [0.1, 0.15) is 0 Å². The van der Waals surface area contributed by atoms with E-state index in [0.717, 1.165) is 37.7 Å². The second kappa shape index (κ2) is 6.65. The molecule has 5 heteroatoms. The van der Waals surface area contributed by atoms with Crippen LogP contribution in [0.15, 0.2) is 47.8 Å². The molecule has 0 amide bonds. The number of nitrogens with one attached hydrogen (secondary N) is 1. The lowest BCUT2D eigenvalue weighted by Crippen LogP contribution is -2.44. The Morgan fingerprint density at radius 2 is 1.86 bits per heavy atom. The predicted molar refractivity (Wildman–Crippen MR) is 97.4 cm³/mol. The second-order valence-corrected chi connectivity index (χ2v) is 6.21. The third kappa shape index (κ3) is 2.82. The molecule has 4 rings (SSSR count). The number of nitrogens with zero attached hydrogens (tertiary/aromatic N) is 2. The fraction of sp³-hybridized carbons (Fsp3) is 0.235. The predicted octanol–water partition coefficient (Wildman–Crippen LogP) is 3.79. The van der Waals surface area contributed by atoms with Crippen LogP contribution >= 0.6 is 23.7 Å². The summed E-state index contributed by atoms with van der Waals surface area (Å²) in [4.78, 5) is 8.61. The Labute approximate surface area is 140 Å². The number of thiophene rings is 1. The first-order chi connectivity index (χ1) is 10.4. The maximum atomic E-state index is 4.98. The molecule has 1 fully saturated rings. The molecule has 3 nitrogen and oxygen atoms in total. The van der Waals surface area contributed by atoms with Gasteiger partial charge in [-0.2, -0.15) is 0 Å². The maximum absolute atomic E-state index is 4.98. The molecule has 3 heterocycles. The van der Waals surface area contributed by atoms with Gasteiger partial charge < -0.3 is 10.2 Å². The Bertz CT molecular complexity index is 752. The molecule has 0 saturated carbocycles. The summed E-state index contributed by atoms with van der Waals surface area (Å²) in [5.74, 6) is 1.12. The van der Waals surface area contributed by atoms with Gasteiger partial charge in [-0.1, -0.05) is 30.3 Å². The van der Waals surface area contributed by atoms with Gasteiger partial charge in [-0.25, -0.2) is 4.98 Å². The number of halogens is 1. The normalized spacial score (nSPS) is 14.8. The molecule has 1 N–H and O–H groups in total. The minimum Gasteiger partial charge on any atom is -0.354 e. The largest absolute Gasteiger partial charge is 0.354 e. The molecule has 0 bridgehead atoms. The minimum absolute atomic E-state index is 0. The molecular formula is C17H18ClN3S. The molecule has 2 aromatic heterocycles. The molecule has 0 unspecified atom stereocenters. The number of hydrogen-bond donors (Lipinski definition) is 1. The highest BCUT2D eigenvalue weighted by atomic mass is 35.5. The molecule has 0 aliphatic carbocycles. The van der Waals surface area contributed by atoms with Gasteiger partial charge in [0.15, 0.2) is 0 Å². The van der Waals surface area contributed by atoms with Crippen LogP contribution in [0.5, 0.6) is 0 Å². The molecule has 22 heavy (non-hydrogen) atoms. The van der Waals surface area contributed by atoms with Crippen molar-refractivity contribution in [1.82, 2.24) is 10.3 Å². The quantitative estimate of drug-likeness (QED) is 0.774. The van der Waals surface area contributed by atoms with Crippen LogP contribution in [0.25, 0.3) is 21.3 Å². The molecule has 1 saturated heterocycles. The van der Waals surface area contributed by atoms with Gasteiger partial charge in [0.2, 0.25) is 0 Å². The van der Waals surface area contributed by atoms with E-state index in [9.17, 15) is 0 Å². The Morgan fingerprint density at radius 3 is 2.64 bits per heavy atom. The molecule has 3 aromatic rings. The standard InChI is InChI=1S/C17H17N3S.ClH/c1-2-5-14-13(4-1)12-15(16-6-3-11-21-16)19-17(14)20-9-7-18-8-10-20;/h1-6,11-12,18H,7-10H2;1H. The van der Waals surface area contributed by atoms with Crippen LogP contribution < -0.4 is 10.2 Å². The number of rotatable bonds is 2. The number of anilines is 1. The van der Waals surface area contributed by atoms with Crippen LogP contribution in [-0.4, -0.2) is 31.2 Å². The number of aromatic nitrogens is 1. The Balaban J connectivity index is 0.00000144. The van der Waals surface area contributed by atoms with Gasteiger partial charge in [0.1, 0.15) is 5.82 Å². The molecule has 0 radical (unpaired) electrons. The first-order valence-corrected chi connectivity index (χ1v) is 8.19. The number of fused-ring (bicyclic) bond motifs is 1. The minimum atomic E-state index is 0. The maximum Gasteiger partial charge on any atom is 0.137 e. The monoisotopic (exact) mass is 331 g/mol. The highest BCUT2D eigenvalue weighted by Crippen LogP contribution is 2.31. The van der Waals surface area contributed by atoms with E-state index in [2.05, 4.69) is 58.1 Å². The molecule has 0 atom stereocenters. The third-order valence-corrected chi connectivity index (χ3v) is 4.80. The average Bonchev–Trinajstić information content (AvgIpc) is 3.09. The molecule has 1 aliphatic heterocycles. The van der Waals surface area contributed by atoms with E-state index in [4.69, 9.17) is 4.98 Å². The van der Waals surface area contributed by atoms with Gasteiger partial charge in [-0.3, -0.25) is 0 Å². The second-order valence-electron chi connectivity index (χ2n) is 5.27. The summed E-state index contributed by atoms with van der Waals surface area (Å²) in [5.41, 5.74) is 1.08. The smallest absolute Gasteiger partial charge is 0.137 e. The van der Waals surface area contributed by atoms with E-state index < -0.39 is 0 Å². The zero-order valence-corrected chi connectivity index (χ0v) is 13.8. The zero-order chi connectivity index (χ0) is 14.1. The zero-order valence-electron chi connectivity index (χ0n) is 12.2. The van der Waals surface area contributed by atoms with Crippen molar-refractivity contribution in [3.63, 3.8) is 0 Å². The van der Waals surface area contributed by atoms with Crippen molar-refractivity contribution in [2.24, 2.45) is 0 Å². The van der Waals surface area contributed by atoms with Crippen LogP contribution in [0.3, 0.4) is 0 Å². The van der Waals surface area contributed by atoms with Crippen molar-refractivity contribution in [3.8, 4) is 10.6 Å². The van der Waals surface area contributed by atoms with Gasteiger partial charge in [0.05, 0.1) is 10.6 Å². The molecule has 0 spiro atoms. The fourth-order valence-electron chi connectivity index (χ4n) is 2.85. The molecule has 1 aliphatic rings. The summed E-state index contributed by atoms with van der Waals surface area (Å²) in [6.45, 7) is 4.09. The van der Waals surface area contributed by atoms with Crippen molar-refractivity contribution in [2.45, 2.75) is 0 Å². The average molecular weight is 332 g/mol. The van der Waals surface area contributed by atoms with Crippen molar-refractivity contribution in [2.75, 3.05) is 31.1 Å². The highest BCUT2D eigenvalue weighted by Gasteiger charge is 2.16. The molecule has 1 aromatic carbocycles. The van der Waals surface area contributed by atoms with E-state index in [1.165, 1.54) is 15.6 Å². The van der Waals surface area contributed by atoms with Crippen LogP contribution in [0.2, 0.25) is 0 Å². The lowest BCUT2D eigenvalue weighted by atomic mass is 10.1. The summed E-state index contributed by atoms with van der Waals surface area (Å²) in [6, 6.07) is 15.0. The first kappa shape index (κ1) is 15.3. The first-order valence-electron chi connectivity index (χ1n) is 7.31. The molecule has 114 valence electrons. The van der Waals surface area contributed by atoms with E-state index in [-0.39, 0.29) is 12.4 Å². The van der Waals surface area contributed by atoms with Crippen molar-refractivity contribution in [1.29, 1.82) is 0 Å². The Morgan fingerprint density at radius 1 is 1.05 bits per heavy atom. The van der Waals surface area contributed by atoms with Crippen LogP contribution in [0, 0.1) is 0 Å². The van der Waals surface area contributed by atoms with Crippen molar-refractivity contribution in [3.05, 3.63) is 47.8 Å². The summed E-state index contributed by atoms with van der Waals surface area (Å²) in [5, 5.41) is 8.03. The number of piperazine rings is 1. The summed E-state index contributed by atoms with van der Waals surface area (Å²) in [7, 11) is 0. The lowest BCUT2D eigenvalue weighted by Gasteiger charge is -2.29. The number of benzene rings is 1. The Kier molecular flexibility index (Phi) is 4.62. The van der Waals surface area contributed by atoms with E-state index in [1.54, 1.807) is 11.3 Å². The topological polar surface area (TPSA) is 28.2 Å². The Hall–Kier alpha value is -1.62. The number of hydrogen-bond acceptors (Lipinski definition) is 4. The lowest BCUT2D eigenvalue weighted by molar-refractivity contribution is 0.586. The summed E-state index contributed by atoms with van der Waals surface area (Å²) >= 11 is 1.75. The van der Waals surface area contributed by atoms with Gasteiger partial charge >= 0.3 is 0 Å². The number of pyridine rings is 1. The van der Waals surface area contributed by atoms with Gasteiger partial charge in [-0.15, -0.1) is 23.7 Å². The van der Waals surface area contributed by atoms with E-state index in [1.807, 2.05) is 0 Å². The van der Waals surface area contributed by atoms with Gasteiger partial charge in [0, 0.05) is 31.6 Å². The summed E-state index contributed by atoms with van der Waals surface area (Å²) < 4.78 is 0. The fourth-order valence-corrected chi connectivity index (χ4v) is 3.53. The summed E-state index contributed by atoms with van der Waals surface area (Å²) in [6.07, 6.45) is 0. The van der Waals surface area contributed by atoms with Crippen molar-refractivity contribution < 1.29 is 0 Å². The van der Waals surface area contributed by atoms with Crippen LogP contribution in [0.4, 0.5) is 5.82 Å². The molecular weight excluding hydrogens is 314 g/mol. The van der Waals surface area contributed by atoms with Crippen molar-refractivity contribution >= 4 is 40.3 Å². The highest BCUT2D eigenvalue weighted by molar-refractivity contribution is 7.13.